The normalized spacial score (nSPS) is 25.4. The zero-order chi connectivity index (χ0) is 12.7. The van der Waals surface area contributed by atoms with Crippen LogP contribution in [-0.4, -0.2) is 30.7 Å². The SMILES string of the molecule is C=C/C=C/N(CC(C)C)C1CCC(OC)CC1. The number of hydrogen-bond donors (Lipinski definition) is 0. The van der Waals surface area contributed by atoms with Crippen molar-refractivity contribution in [3.8, 4) is 0 Å². The van der Waals surface area contributed by atoms with E-state index in [1.807, 2.05) is 19.3 Å². The Balaban J connectivity index is 2.52. The molecule has 0 aliphatic heterocycles. The van der Waals surface area contributed by atoms with Gasteiger partial charge in [-0.05, 0) is 43.9 Å². The molecule has 2 heteroatoms. The Morgan fingerprint density at radius 2 is 1.94 bits per heavy atom. The van der Waals surface area contributed by atoms with Crippen LogP contribution in [0.4, 0.5) is 0 Å². The maximum Gasteiger partial charge on any atom is 0.0572 e. The maximum absolute atomic E-state index is 5.43. The van der Waals surface area contributed by atoms with Gasteiger partial charge in [0.1, 0.15) is 0 Å². The highest BCUT2D eigenvalue weighted by Crippen LogP contribution is 2.25. The number of allylic oxidation sites excluding steroid dienone is 2. The zero-order valence-electron chi connectivity index (χ0n) is 11.6. The van der Waals surface area contributed by atoms with Gasteiger partial charge in [-0.3, -0.25) is 0 Å². The zero-order valence-corrected chi connectivity index (χ0v) is 11.6. The molecule has 0 radical (unpaired) electrons. The quantitative estimate of drug-likeness (QED) is 0.654. The first-order chi connectivity index (χ1) is 8.17. The topological polar surface area (TPSA) is 12.5 Å². The van der Waals surface area contributed by atoms with Gasteiger partial charge in [0.25, 0.3) is 0 Å². The van der Waals surface area contributed by atoms with Crippen LogP contribution in [0.3, 0.4) is 0 Å². The Morgan fingerprint density at radius 3 is 2.41 bits per heavy atom. The molecule has 1 rings (SSSR count). The van der Waals surface area contributed by atoms with E-state index in [9.17, 15) is 0 Å². The molecule has 0 spiro atoms. The Morgan fingerprint density at radius 1 is 1.29 bits per heavy atom. The van der Waals surface area contributed by atoms with Crippen LogP contribution < -0.4 is 0 Å². The minimum atomic E-state index is 0.482. The second kappa shape index (κ2) is 7.54. The van der Waals surface area contributed by atoms with Gasteiger partial charge in [0.2, 0.25) is 0 Å². The molecular weight excluding hydrogens is 210 g/mol. The fraction of sp³-hybridized carbons (Fsp3) is 0.733. The van der Waals surface area contributed by atoms with Crippen molar-refractivity contribution in [1.29, 1.82) is 0 Å². The van der Waals surface area contributed by atoms with Crippen molar-refractivity contribution < 1.29 is 4.74 Å². The molecule has 98 valence electrons. The predicted octanol–water partition coefficient (Wildman–Crippen LogP) is 3.60. The van der Waals surface area contributed by atoms with Crippen LogP contribution in [0.1, 0.15) is 39.5 Å². The van der Waals surface area contributed by atoms with Gasteiger partial charge in [-0.2, -0.15) is 0 Å². The first kappa shape index (κ1) is 14.3. The molecule has 0 amide bonds. The minimum Gasteiger partial charge on any atom is -0.381 e. The molecule has 0 aromatic rings. The lowest BCUT2D eigenvalue weighted by Gasteiger charge is -2.37. The Kier molecular flexibility index (Phi) is 6.35. The third-order valence-electron chi connectivity index (χ3n) is 3.44. The average molecular weight is 237 g/mol. The fourth-order valence-electron chi connectivity index (χ4n) is 2.54. The first-order valence-corrected chi connectivity index (χ1v) is 6.75. The second-order valence-corrected chi connectivity index (χ2v) is 5.33. The van der Waals surface area contributed by atoms with Gasteiger partial charge in [-0.1, -0.05) is 26.5 Å². The van der Waals surface area contributed by atoms with Gasteiger partial charge in [-0.25, -0.2) is 0 Å². The van der Waals surface area contributed by atoms with E-state index in [1.165, 1.54) is 25.7 Å². The van der Waals surface area contributed by atoms with Gasteiger partial charge in [0.05, 0.1) is 6.10 Å². The summed E-state index contributed by atoms with van der Waals surface area (Å²) in [6.07, 6.45) is 11.5. The minimum absolute atomic E-state index is 0.482. The van der Waals surface area contributed by atoms with E-state index in [4.69, 9.17) is 4.74 Å². The molecule has 1 aliphatic rings. The van der Waals surface area contributed by atoms with Crippen molar-refractivity contribution in [2.24, 2.45) is 5.92 Å². The highest BCUT2D eigenvalue weighted by atomic mass is 16.5. The summed E-state index contributed by atoms with van der Waals surface area (Å²) in [4.78, 5) is 2.48. The molecule has 0 aromatic carbocycles. The summed E-state index contributed by atoms with van der Waals surface area (Å²) in [6.45, 7) is 9.43. The predicted molar refractivity (Wildman–Crippen MR) is 73.9 cm³/mol. The molecule has 17 heavy (non-hydrogen) atoms. The first-order valence-electron chi connectivity index (χ1n) is 6.75. The van der Waals surface area contributed by atoms with E-state index in [0.717, 1.165) is 6.54 Å². The van der Waals surface area contributed by atoms with Crippen molar-refractivity contribution in [3.63, 3.8) is 0 Å². The summed E-state index contributed by atoms with van der Waals surface area (Å²) in [5.74, 6) is 0.699. The third-order valence-corrected chi connectivity index (χ3v) is 3.44. The number of ether oxygens (including phenoxy) is 1. The van der Waals surface area contributed by atoms with E-state index in [2.05, 4.69) is 31.5 Å². The number of hydrogen-bond acceptors (Lipinski definition) is 2. The smallest absolute Gasteiger partial charge is 0.0572 e. The van der Waals surface area contributed by atoms with Crippen LogP contribution in [0.2, 0.25) is 0 Å². The molecule has 0 N–H and O–H groups in total. The Labute approximate surface area is 106 Å². The lowest BCUT2D eigenvalue weighted by atomic mass is 9.91. The molecule has 0 heterocycles. The molecular formula is C15H27NO. The molecule has 0 unspecified atom stereocenters. The van der Waals surface area contributed by atoms with Gasteiger partial charge in [0, 0.05) is 19.7 Å². The van der Waals surface area contributed by atoms with Gasteiger partial charge in [-0.15, -0.1) is 0 Å². The van der Waals surface area contributed by atoms with Crippen LogP contribution in [0.25, 0.3) is 0 Å². The van der Waals surface area contributed by atoms with Crippen LogP contribution >= 0.6 is 0 Å². The van der Waals surface area contributed by atoms with Crippen LogP contribution in [0.15, 0.2) is 24.9 Å². The van der Waals surface area contributed by atoms with Gasteiger partial charge in [0.15, 0.2) is 0 Å². The summed E-state index contributed by atoms with van der Waals surface area (Å²) in [6, 6.07) is 0.681. The Bertz CT molecular complexity index is 239. The van der Waals surface area contributed by atoms with Crippen LogP contribution in [0.5, 0.6) is 0 Å². The number of nitrogens with zero attached hydrogens (tertiary/aromatic N) is 1. The summed E-state index contributed by atoms with van der Waals surface area (Å²) in [7, 11) is 1.83. The largest absolute Gasteiger partial charge is 0.381 e. The van der Waals surface area contributed by atoms with E-state index >= 15 is 0 Å². The third kappa shape index (κ3) is 4.95. The lowest BCUT2D eigenvalue weighted by molar-refractivity contribution is 0.0463. The summed E-state index contributed by atoms with van der Waals surface area (Å²) < 4.78 is 5.43. The van der Waals surface area contributed by atoms with Crippen molar-refractivity contribution in [2.45, 2.75) is 51.7 Å². The van der Waals surface area contributed by atoms with Crippen molar-refractivity contribution in [3.05, 3.63) is 24.9 Å². The van der Waals surface area contributed by atoms with E-state index < -0.39 is 0 Å². The van der Waals surface area contributed by atoms with E-state index in [0.29, 0.717) is 18.1 Å². The van der Waals surface area contributed by atoms with E-state index in [-0.39, 0.29) is 0 Å². The maximum atomic E-state index is 5.43. The van der Waals surface area contributed by atoms with Crippen LogP contribution in [0, 0.1) is 5.92 Å². The molecule has 1 saturated carbocycles. The molecule has 2 nitrogen and oxygen atoms in total. The van der Waals surface area contributed by atoms with Crippen molar-refractivity contribution in [2.75, 3.05) is 13.7 Å². The molecule has 0 aromatic heterocycles. The monoisotopic (exact) mass is 237 g/mol. The van der Waals surface area contributed by atoms with Crippen molar-refractivity contribution >= 4 is 0 Å². The van der Waals surface area contributed by atoms with Crippen LogP contribution in [-0.2, 0) is 4.74 Å². The fourth-order valence-corrected chi connectivity index (χ4v) is 2.54. The Hall–Kier alpha value is -0.760. The number of rotatable bonds is 6. The molecule has 0 saturated heterocycles. The summed E-state index contributed by atoms with van der Waals surface area (Å²) in [5.41, 5.74) is 0. The highest BCUT2D eigenvalue weighted by molar-refractivity contribution is 4.99. The second-order valence-electron chi connectivity index (χ2n) is 5.33. The number of methoxy groups -OCH3 is 1. The summed E-state index contributed by atoms with van der Waals surface area (Å²) >= 11 is 0. The van der Waals surface area contributed by atoms with Crippen molar-refractivity contribution in [1.82, 2.24) is 4.90 Å². The highest BCUT2D eigenvalue weighted by Gasteiger charge is 2.24. The van der Waals surface area contributed by atoms with E-state index in [1.54, 1.807) is 0 Å². The summed E-state index contributed by atoms with van der Waals surface area (Å²) in [5, 5.41) is 0. The molecule has 1 fully saturated rings. The van der Waals surface area contributed by atoms with Gasteiger partial charge < -0.3 is 9.64 Å². The lowest BCUT2D eigenvalue weighted by Crippen LogP contribution is -2.38. The average Bonchev–Trinajstić information content (AvgIpc) is 2.34. The van der Waals surface area contributed by atoms with Gasteiger partial charge >= 0.3 is 0 Å². The standard InChI is InChI=1S/C15H27NO/c1-5-6-11-16(12-13(2)3)14-7-9-15(17-4)10-8-14/h5-6,11,13-15H,1,7-10,12H2,2-4H3/b11-6+. The molecule has 0 atom stereocenters. The molecule has 1 aliphatic carbocycles. The molecule has 0 bridgehead atoms.